The molecule has 1 aromatic carbocycles. The lowest BCUT2D eigenvalue weighted by molar-refractivity contribution is -0.123. The molecule has 0 unspecified atom stereocenters. The monoisotopic (exact) mass is 357 g/mol. The molecule has 0 aliphatic carbocycles. The van der Waals surface area contributed by atoms with Crippen molar-refractivity contribution in [2.75, 3.05) is 12.3 Å². The van der Waals surface area contributed by atoms with Crippen molar-refractivity contribution in [3.05, 3.63) is 34.9 Å². The van der Waals surface area contributed by atoms with Crippen molar-refractivity contribution in [3.63, 3.8) is 0 Å². The Balaban J connectivity index is 2.31. The second-order valence-corrected chi connectivity index (χ2v) is 6.88. The first-order valence-electron chi connectivity index (χ1n) is 7.60. The predicted molar refractivity (Wildman–Crippen MR) is 96.6 cm³/mol. The lowest BCUT2D eigenvalue weighted by Gasteiger charge is -2.22. The van der Waals surface area contributed by atoms with Gasteiger partial charge in [-0.05, 0) is 23.6 Å². The zero-order valence-electron chi connectivity index (χ0n) is 13.5. The number of hydrogen-bond acceptors (Lipinski definition) is 3. The van der Waals surface area contributed by atoms with E-state index in [0.29, 0.717) is 6.54 Å². The molecule has 0 aliphatic rings. The van der Waals surface area contributed by atoms with E-state index in [0.717, 1.165) is 22.9 Å². The van der Waals surface area contributed by atoms with Crippen LogP contribution in [0.5, 0.6) is 0 Å². The van der Waals surface area contributed by atoms with Crippen LogP contribution in [0.3, 0.4) is 0 Å². The highest BCUT2D eigenvalue weighted by Gasteiger charge is 2.24. The minimum absolute atomic E-state index is 0.0317. The maximum Gasteiger partial charge on any atom is 0.312 e. The van der Waals surface area contributed by atoms with E-state index in [1.165, 1.54) is 5.56 Å². The maximum absolute atomic E-state index is 12.1. The minimum Gasteiger partial charge on any atom is -0.353 e. The van der Waals surface area contributed by atoms with Crippen molar-refractivity contribution in [1.82, 2.24) is 10.6 Å². The molecule has 7 heteroatoms. The Morgan fingerprint density at radius 1 is 1.30 bits per heavy atom. The van der Waals surface area contributed by atoms with Crippen molar-refractivity contribution in [2.45, 2.75) is 32.1 Å². The number of benzene rings is 1. The zero-order valence-corrected chi connectivity index (χ0v) is 15.0. The van der Waals surface area contributed by atoms with E-state index in [-0.39, 0.29) is 11.8 Å². The van der Waals surface area contributed by atoms with Gasteiger partial charge >= 0.3 is 6.03 Å². The number of rotatable bonds is 9. The summed E-state index contributed by atoms with van der Waals surface area (Å²) in [4.78, 5) is 23.2. The molecule has 0 radical (unpaired) electrons. The van der Waals surface area contributed by atoms with Crippen LogP contribution in [0.25, 0.3) is 0 Å². The third-order valence-corrected chi connectivity index (χ3v) is 4.80. The van der Waals surface area contributed by atoms with Crippen LogP contribution < -0.4 is 16.4 Å². The van der Waals surface area contributed by atoms with E-state index in [1.54, 1.807) is 11.8 Å². The van der Waals surface area contributed by atoms with Gasteiger partial charge in [0, 0.05) is 23.1 Å². The molecule has 5 nitrogen and oxygen atoms in total. The summed E-state index contributed by atoms with van der Waals surface area (Å²) in [6, 6.07) is 6.45. The molecular formula is C16H24ClN3O2S. The fourth-order valence-corrected chi connectivity index (χ4v) is 2.93. The summed E-state index contributed by atoms with van der Waals surface area (Å²) in [7, 11) is 0. The van der Waals surface area contributed by atoms with Gasteiger partial charge in [0.15, 0.2) is 0 Å². The second kappa shape index (κ2) is 10.4. The van der Waals surface area contributed by atoms with Gasteiger partial charge in [0.2, 0.25) is 5.91 Å². The fourth-order valence-electron chi connectivity index (χ4n) is 1.98. The van der Waals surface area contributed by atoms with E-state index in [4.69, 9.17) is 17.3 Å². The Labute approximate surface area is 146 Å². The van der Waals surface area contributed by atoms with Gasteiger partial charge in [-0.1, -0.05) is 44.0 Å². The van der Waals surface area contributed by atoms with Crippen LogP contribution in [-0.4, -0.2) is 30.3 Å². The number of carbonyl (C=O) groups excluding carboxylic acids is 2. The van der Waals surface area contributed by atoms with Gasteiger partial charge in [-0.25, -0.2) is 4.79 Å². The first-order valence-corrected chi connectivity index (χ1v) is 9.13. The van der Waals surface area contributed by atoms with Crippen LogP contribution in [0.1, 0.15) is 25.8 Å². The lowest BCUT2D eigenvalue weighted by atomic mass is 9.98. The molecule has 0 aliphatic heterocycles. The number of halogens is 1. The molecule has 3 amide bonds. The number of amides is 3. The van der Waals surface area contributed by atoms with Crippen LogP contribution in [0, 0.1) is 5.92 Å². The van der Waals surface area contributed by atoms with Gasteiger partial charge in [-0.2, -0.15) is 11.8 Å². The number of nitrogens with two attached hydrogens (primary N) is 1. The van der Waals surface area contributed by atoms with E-state index in [1.807, 2.05) is 38.1 Å². The minimum atomic E-state index is -0.678. The highest BCUT2D eigenvalue weighted by Crippen LogP contribution is 2.15. The normalized spacial score (nSPS) is 13.2. The molecule has 0 spiro atoms. The van der Waals surface area contributed by atoms with E-state index < -0.39 is 12.1 Å². The molecule has 23 heavy (non-hydrogen) atoms. The Hall–Kier alpha value is -1.40. The Morgan fingerprint density at radius 3 is 2.52 bits per heavy atom. The summed E-state index contributed by atoms with van der Waals surface area (Å²) >= 11 is 7.56. The molecule has 128 valence electrons. The smallest absolute Gasteiger partial charge is 0.312 e. The summed E-state index contributed by atoms with van der Waals surface area (Å²) in [6.45, 7) is 4.43. The van der Waals surface area contributed by atoms with Crippen molar-refractivity contribution in [3.8, 4) is 0 Å². The molecule has 0 heterocycles. The Bertz CT molecular complexity index is 511. The maximum atomic E-state index is 12.1. The van der Waals surface area contributed by atoms with E-state index >= 15 is 0 Å². The quantitative estimate of drug-likeness (QED) is 0.594. The zero-order chi connectivity index (χ0) is 17.2. The number of nitrogens with one attached hydrogen (secondary N) is 2. The summed E-state index contributed by atoms with van der Waals surface area (Å²) in [5.74, 6) is 1.49. The van der Waals surface area contributed by atoms with E-state index in [2.05, 4.69) is 10.6 Å². The molecule has 0 saturated heterocycles. The standard InChI is InChI=1S/C16H24ClN3O2S/c1-3-11(2)14(20-16(18)22)15(21)19-8-9-23-10-12-4-6-13(17)7-5-12/h4-7,11,14H,3,8-10H2,1-2H3,(H,19,21)(H3,18,20,22)/t11-,14-/m0/s1. The molecule has 0 fully saturated rings. The highest BCUT2D eigenvalue weighted by atomic mass is 35.5. The summed E-state index contributed by atoms with van der Waals surface area (Å²) in [5.41, 5.74) is 6.32. The summed E-state index contributed by atoms with van der Waals surface area (Å²) in [5, 5.41) is 6.08. The lowest BCUT2D eigenvalue weighted by Crippen LogP contribution is -2.52. The largest absolute Gasteiger partial charge is 0.353 e. The average molecular weight is 358 g/mol. The first-order chi connectivity index (χ1) is 10.9. The number of hydrogen-bond donors (Lipinski definition) is 3. The molecule has 1 aromatic rings. The van der Waals surface area contributed by atoms with Crippen LogP contribution >= 0.6 is 23.4 Å². The van der Waals surface area contributed by atoms with Crippen LogP contribution in [0.15, 0.2) is 24.3 Å². The van der Waals surface area contributed by atoms with Crippen LogP contribution in [-0.2, 0) is 10.5 Å². The highest BCUT2D eigenvalue weighted by molar-refractivity contribution is 7.98. The molecular weight excluding hydrogens is 334 g/mol. The van der Waals surface area contributed by atoms with E-state index in [9.17, 15) is 9.59 Å². The van der Waals surface area contributed by atoms with Crippen molar-refractivity contribution in [1.29, 1.82) is 0 Å². The molecule has 0 saturated carbocycles. The number of carbonyl (C=O) groups is 2. The average Bonchev–Trinajstić information content (AvgIpc) is 2.53. The molecule has 1 rings (SSSR count). The first kappa shape index (κ1) is 19.6. The van der Waals surface area contributed by atoms with Crippen molar-refractivity contribution >= 4 is 35.3 Å². The van der Waals surface area contributed by atoms with Gasteiger partial charge < -0.3 is 16.4 Å². The van der Waals surface area contributed by atoms with Crippen molar-refractivity contribution in [2.24, 2.45) is 11.7 Å². The van der Waals surface area contributed by atoms with Gasteiger partial charge in [0.05, 0.1) is 0 Å². The number of urea groups is 1. The Kier molecular flexibility index (Phi) is 8.87. The molecule has 2 atom stereocenters. The third-order valence-electron chi connectivity index (χ3n) is 3.52. The van der Waals surface area contributed by atoms with Gasteiger partial charge in [0.1, 0.15) is 6.04 Å². The number of primary amides is 1. The molecule has 0 bridgehead atoms. The fraction of sp³-hybridized carbons (Fsp3) is 0.500. The number of thioether (sulfide) groups is 1. The summed E-state index contributed by atoms with van der Waals surface area (Å²) < 4.78 is 0. The Morgan fingerprint density at radius 2 is 1.96 bits per heavy atom. The van der Waals surface area contributed by atoms with Gasteiger partial charge in [-0.15, -0.1) is 0 Å². The SMILES string of the molecule is CC[C@H](C)[C@H](NC(N)=O)C(=O)NCCSCc1ccc(Cl)cc1. The van der Waals surface area contributed by atoms with Gasteiger partial charge in [0.25, 0.3) is 0 Å². The molecule has 4 N–H and O–H groups in total. The molecule has 0 aromatic heterocycles. The summed E-state index contributed by atoms with van der Waals surface area (Å²) in [6.07, 6.45) is 0.781. The van der Waals surface area contributed by atoms with Crippen LogP contribution in [0.2, 0.25) is 5.02 Å². The van der Waals surface area contributed by atoms with Crippen LogP contribution in [0.4, 0.5) is 4.79 Å². The third kappa shape index (κ3) is 7.61. The van der Waals surface area contributed by atoms with Crippen molar-refractivity contribution < 1.29 is 9.59 Å². The van der Waals surface area contributed by atoms with Gasteiger partial charge in [-0.3, -0.25) is 4.79 Å². The predicted octanol–water partition coefficient (Wildman–Crippen LogP) is 2.77. The topological polar surface area (TPSA) is 84.2 Å². The second-order valence-electron chi connectivity index (χ2n) is 5.34.